The van der Waals surface area contributed by atoms with Crippen molar-refractivity contribution in [1.82, 2.24) is 9.97 Å². The van der Waals surface area contributed by atoms with Gasteiger partial charge in [-0.3, -0.25) is 4.72 Å². The van der Waals surface area contributed by atoms with Gasteiger partial charge in [-0.25, -0.2) is 18.4 Å². The van der Waals surface area contributed by atoms with Gasteiger partial charge >= 0.3 is 0 Å². The van der Waals surface area contributed by atoms with Crippen molar-refractivity contribution in [2.45, 2.75) is 32.1 Å². The second-order valence-electron chi connectivity index (χ2n) is 4.69. The number of nitrogens with zero attached hydrogens (tertiary/aromatic N) is 2. The van der Waals surface area contributed by atoms with Gasteiger partial charge in [0.15, 0.2) is 0 Å². The Bertz CT molecular complexity index is 753. The third kappa shape index (κ3) is 3.51. The summed E-state index contributed by atoms with van der Waals surface area (Å²) in [5.41, 5.74) is 1.19. The van der Waals surface area contributed by atoms with Crippen LogP contribution in [-0.4, -0.2) is 18.4 Å². The van der Waals surface area contributed by atoms with Crippen molar-refractivity contribution in [3.8, 4) is 0 Å². The van der Waals surface area contributed by atoms with Crippen LogP contribution in [-0.2, 0) is 16.4 Å². The first-order valence-corrected chi connectivity index (χ1v) is 8.31. The number of nitrogens with one attached hydrogen (secondary N) is 1. The topological polar surface area (TPSA) is 72.0 Å². The van der Waals surface area contributed by atoms with E-state index in [0.717, 1.165) is 0 Å². The number of sulfonamides is 1. The van der Waals surface area contributed by atoms with Crippen LogP contribution in [0.2, 0.25) is 5.02 Å². The first kappa shape index (κ1) is 15.7. The van der Waals surface area contributed by atoms with Gasteiger partial charge in [-0.1, -0.05) is 18.5 Å². The van der Waals surface area contributed by atoms with Gasteiger partial charge in [0, 0.05) is 17.6 Å². The number of hydrogen-bond acceptors (Lipinski definition) is 4. The maximum atomic E-state index is 12.5. The summed E-state index contributed by atoms with van der Waals surface area (Å²) < 4.78 is 27.6. The quantitative estimate of drug-likeness (QED) is 0.937. The van der Waals surface area contributed by atoms with Gasteiger partial charge in [-0.05, 0) is 43.2 Å². The van der Waals surface area contributed by atoms with E-state index in [9.17, 15) is 8.42 Å². The van der Waals surface area contributed by atoms with Crippen molar-refractivity contribution in [3.05, 3.63) is 46.4 Å². The van der Waals surface area contributed by atoms with E-state index in [-0.39, 0.29) is 10.7 Å². The zero-order valence-corrected chi connectivity index (χ0v) is 13.6. The predicted molar refractivity (Wildman–Crippen MR) is 83.1 cm³/mol. The molecule has 112 valence electrons. The summed E-state index contributed by atoms with van der Waals surface area (Å²) in [5, 5.41) is 0.513. The van der Waals surface area contributed by atoms with E-state index < -0.39 is 10.0 Å². The van der Waals surface area contributed by atoms with E-state index >= 15 is 0 Å². The molecular formula is C14H16ClN3O2S. The number of anilines is 1. The molecule has 0 atom stereocenters. The molecule has 1 heterocycles. The molecule has 2 aromatic rings. The molecule has 1 N–H and O–H groups in total. The predicted octanol–water partition coefficient (Wildman–Crippen LogP) is 3.11. The van der Waals surface area contributed by atoms with Crippen LogP contribution in [0.3, 0.4) is 0 Å². The molecule has 5 nitrogen and oxygen atoms in total. The average Bonchev–Trinajstić information content (AvgIpc) is 2.36. The Labute approximate surface area is 129 Å². The Hall–Kier alpha value is -1.66. The zero-order valence-electron chi connectivity index (χ0n) is 12.0. The van der Waals surface area contributed by atoms with Crippen molar-refractivity contribution in [2.24, 2.45) is 0 Å². The molecule has 0 radical (unpaired) electrons. The molecule has 7 heteroatoms. The molecule has 2 rings (SSSR count). The smallest absolute Gasteiger partial charge is 0.263 e. The van der Waals surface area contributed by atoms with Crippen LogP contribution in [0.1, 0.15) is 23.9 Å². The number of rotatable bonds is 4. The molecule has 0 spiro atoms. The van der Waals surface area contributed by atoms with Crippen molar-refractivity contribution >= 4 is 27.4 Å². The third-order valence-corrected chi connectivity index (χ3v) is 4.83. The highest BCUT2D eigenvalue weighted by Gasteiger charge is 2.20. The fourth-order valence-corrected chi connectivity index (χ4v) is 3.92. The van der Waals surface area contributed by atoms with E-state index in [4.69, 9.17) is 11.6 Å². The Balaban J connectivity index is 2.43. The van der Waals surface area contributed by atoms with Crippen LogP contribution >= 0.6 is 11.6 Å². The largest absolute Gasteiger partial charge is 0.263 e. The van der Waals surface area contributed by atoms with Gasteiger partial charge in [-0.2, -0.15) is 0 Å². The second-order valence-corrected chi connectivity index (χ2v) is 6.74. The lowest BCUT2D eigenvalue weighted by molar-refractivity contribution is 0.600. The van der Waals surface area contributed by atoms with Gasteiger partial charge in [0.1, 0.15) is 11.6 Å². The third-order valence-electron chi connectivity index (χ3n) is 2.95. The van der Waals surface area contributed by atoms with Crippen LogP contribution in [0.15, 0.2) is 29.3 Å². The fraction of sp³-hybridized carbons (Fsp3) is 0.286. The highest BCUT2D eigenvalue weighted by molar-refractivity contribution is 7.92. The van der Waals surface area contributed by atoms with E-state index in [1.54, 1.807) is 26.0 Å². The SMILES string of the molecule is CCc1nccc(NS(=O)(=O)c2c(C)cc(Cl)cc2C)n1. The zero-order chi connectivity index (χ0) is 15.6. The minimum absolute atomic E-state index is 0.226. The van der Waals surface area contributed by atoms with Crippen LogP contribution in [0.5, 0.6) is 0 Å². The second kappa shape index (κ2) is 5.99. The monoisotopic (exact) mass is 325 g/mol. The molecule has 0 amide bonds. The minimum atomic E-state index is -3.72. The van der Waals surface area contributed by atoms with E-state index in [1.807, 2.05) is 6.92 Å². The van der Waals surface area contributed by atoms with Crippen molar-refractivity contribution in [2.75, 3.05) is 4.72 Å². The Morgan fingerprint density at radius 3 is 2.43 bits per heavy atom. The summed E-state index contributed by atoms with van der Waals surface area (Å²) in [7, 11) is -3.72. The number of hydrogen-bond donors (Lipinski definition) is 1. The van der Waals surface area contributed by atoms with Crippen LogP contribution in [0.25, 0.3) is 0 Å². The summed E-state index contributed by atoms with van der Waals surface area (Å²) in [5.74, 6) is 0.843. The standard InChI is InChI=1S/C14H16ClN3O2S/c1-4-12-16-6-5-13(17-12)18-21(19,20)14-9(2)7-11(15)8-10(14)3/h5-8H,4H2,1-3H3,(H,16,17,18). The number of benzene rings is 1. The van der Waals surface area contributed by atoms with E-state index in [1.165, 1.54) is 12.3 Å². The number of aryl methyl sites for hydroxylation is 3. The van der Waals surface area contributed by atoms with E-state index in [0.29, 0.717) is 28.4 Å². The fourth-order valence-electron chi connectivity index (χ4n) is 2.14. The van der Waals surface area contributed by atoms with Gasteiger partial charge in [0.05, 0.1) is 4.90 Å². The summed E-state index contributed by atoms with van der Waals surface area (Å²) in [4.78, 5) is 8.42. The highest BCUT2D eigenvalue weighted by Crippen LogP contribution is 2.25. The van der Waals surface area contributed by atoms with Gasteiger partial charge in [0.25, 0.3) is 10.0 Å². The van der Waals surface area contributed by atoms with Gasteiger partial charge < -0.3 is 0 Å². The van der Waals surface area contributed by atoms with Crippen LogP contribution in [0.4, 0.5) is 5.82 Å². The van der Waals surface area contributed by atoms with Crippen molar-refractivity contribution < 1.29 is 8.42 Å². The number of aromatic nitrogens is 2. The van der Waals surface area contributed by atoms with E-state index in [2.05, 4.69) is 14.7 Å². The summed E-state index contributed by atoms with van der Waals surface area (Å²) in [6, 6.07) is 4.78. The normalized spacial score (nSPS) is 11.4. The van der Waals surface area contributed by atoms with Crippen molar-refractivity contribution in [3.63, 3.8) is 0 Å². The lowest BCUT2D eigenvalue weighted by Gasteiger charge is -2.13. The molecule has 0 bridgehead atoms. The Morgan fingerprint density at radius 1 is 1.24 bits per heavy atom. The van der Waals surface area contributed by atoms with Crippen LogP contribution < -0.4 is 4.72 Å². The Kier molecular flexibility index (Phi) is 4.49. The molecule has 0 unspecified atom stereocenters. The molecule has 0 aliphatic carbocycles. The molecule has 0 aliphatic rings. The molecular weight excluding hydrogens is 310 g/mol. The first-order chi connectivity index (χ1) is 9.83. The minimum Gasteiger partial charge on any atom is -0.263 e. The van der Waals surface area contributed by atoms with Crippen molar-refractivity contribution in [1.29, 1.82) is 0 Å². The van der Waals surface area contributed by atoms with Gasteiger partial charge in [-0.15, -0.1) is 0 Å². The molecule has 0 saturated heterocycles. The molecule has 0 saturated carbocycles. The first-order valence-electron chi connectivity index (χ1n) is 6.45. The van der Waals surface area contributed by atoms with Crippen LogP contribution in [0, 0.1) is 13.8 Å². The number of halogens is 1. The maximum Gasteiger partial charge on any atom is 0.263 e. The lowest BCUT2D eigenvalue weighted by atomic mass is 10.2. The lowest BCUT2D eigenvalue weighted by Crippen LogP contribution is -2.17. The summed E-state index contributed by atoms with van der Waals surface area (Å²) >= 11 is 5.94. The Morgan fingerprint density at radius 2 is 1.86 bits per heavy atom. The molecule has 0 fully saturated rings. The summed E-state index contributed by atoms with van der Waals surface area (Å²) in [6.45, 7) is 5.33. The molecule has 1 aromatic carbocycles. The molecule has 0 aliphatic heterocycles. The summed E-state index contributed by atoms with van der Waals surface area (Å²) in [6.07, 6.45) is 2.17. The average molecular weight is 326 g/mol. The maximum absolute atomic E-state index is 12.5. The molecule has 21 heavy (non-hydrogen) atoms. The highest BCUT2D eigenvalue weighted by atomic mass is 35.5. The van der Waals surface area contributed by atoms with Gasteiger partial charge in [0.2, 0.25) is 0 Å². The molecule has 1 aromatic heterocycles.